The molecule has 6 rings (SSSR count). The third-order valence-electron chi connectivity index (χ3n) is 5.84. The molecule has 0 radical (unpaired) electrons. The molecular formula is C25H20ClN3O2S2. The van der Waals surface area contributed by atoms with Crippen molar-refractivity contribution in [1.82, 2.24) is 15.0 Å². The predicted octanol–water partition coefficient (Wildman–Crippen LogP) is 7.30. The summed E-state index contributed by atoms with van der Waals surface area (Å²) in [6.45, 7) is 4.76. The van der Waals surface area contributed by atoms with Crippen LogP contribution in [0.5, 0.6) is 0 Å². The fraction of sp³-hybridized carbons (Fsp3) is 0.240. The van der Waals surface area contributed by atoms with E-state index in [1.165, 1.54) is 11.1 Å². The van der Waals surface area contributed by atoms with Gasteiger partial charge in [0.15, 0.2) is 5.76 Å². The number of halogens is 1. The average molecular weight is 494 g/mol. The first-order chi connectivity index (χ1) is 16.0. The highest BCUT2D eigenvalue weighted by molar-refractivity contribution is 7.98. The average Bonchev–Trinajstić information content (AvgIpc) is 3.45. The summed E-state index contributed by atoms with van der Waals surface area (Å²) >= 11 is 9.39. The molecule has 5 heterocycles. The monoisotopic (exact) mass is 493 g/mol. The van der Waals surface area contributed by atoms with Gasteiger partial charge in [0.05, 0.1) is 28.7 Å². The van der Waals surface area contributed by atoms with E-state index in [9.17, 15) is 0 Å². The van der Waals surface area contributed by atoms with Crippen LogP contribution in [0.1, 0.15) is 30.5 Å². The molecule has 1 aliphatic rings. The van der Waals surface area contributed by atoms with Crippen LogP contribution in [0.4, 0.5) is 0 Å². The van der Waals surface area contributed by atoms with Crippen LogP contribution in [0.15, 0.2) is 58.4 Å². The zero-order chi connectivity index (χ0) is 22.6. The van der Waals surface area contributed by atoms with Gasteiger partial charge in [0.2, 0.25) is 0 Å². The lowest BCUT2D eigenvalue weighted by Crippen LogP contribution is -2.32. The van der Waals surface area contributed by atoms with E-state index in [0.717, 1.165) is 59.7 Å². The molecule has 5 aromatic rings. The molecule has 8 heteroatoms. The van der Waals surface area contributed by atoms with E-state index in [-0.39, 0.29) is 5.60 Å². The summed E-state index contributed by atoms with van der Waals surface area (Å²) in [6, 6.07) is 11.8. The first-order valence-corrected chi connectivity index (χ1v) is 12.8. The lowest BCUT2D eigenvalue weighted by atomic mass is 9.89. The number of thiophene rings is 1. The van der Waals surface area contributed by atoms with E-state index in [1.807, 2.05) is 36.4 Å². The van der Waals surface area contributed by atoms with Crippen LogP contribution in [0, 0.1) is 0 Å². The summed E-state index contributed by atoms with van der Waals surface area (Å²) in [7, 11) is 0. The first-order valence-electron chi connectivity index (χ1n) is 10.6. The van der Waals surface area contributed by atoms with Gasteiger partial charge in [-0.25, -0.2) is 15.0 Å². The molecule has 0 atom stereocenters. The highest BCUT2D eigenvalue weighted by Gasteiger charge is 2.32. The maximum absolute atomic E-state index is 6.16. The van der Waals surface area contributed by atoms with Crippen LogP contribution >= 0.6 is 34.7 Å². The molecule has 0 fully saturated rings. The summed E-state index contributed by atoms with van der Waals surface area (Å²) in [5.41, 5.74) is 5.11. The van der Waals surface area contributed by atoms with E-state index in [0.29, 0.717) is 6.61 Å². The largest absolute Gasteiger partial charge is 0.463 e. The van der Waals surface area contributed by atoms with E-state index >= 15 is 0 Å². The first kappa shape index (κ1) is 21.1. The number of thioether (sulfide) groups is 1. The highest BCUT2D eigenvalue weighted by atomic mass is 35.5. The number of pyridine rings is 1. The van der Waals surface area contributed by atoms with Crippen molar-refractivity contribution >= 4 is 55.1 Å². The lowest BCUT2D eigenvalue weighted by molar-refractivity contribution is -0.0395. The summed E-state index contributed by atoms with van der Waals surface area (Å²) in [6.07, 6.45) is 4.14. The highest BCUT2D eigenvalue weighted by Crippen LogP contribution is 2.44. The molecule has 0 spiro atoms. The summed E-state index contributed by atoms with van der Waals surface area (Å²) in [4.78, 5) is 15.3. The number of benzene rings is 1. The van der Waals surface area contributed by atoms with Gasteiger partial charge in [-0.15, -0.1) is 23.1 Å². The second-order valence-electron chi connectivity index (χ2n) is 8.67. The molecule has 33 heavy (non-hydrogen) atoms. The van der Waals surface area contributed by atoms with Crippen LogP contribution in [0.25, 0.3) is 31.9 Å². The quantitative estimate of drug-likeness (QED) is 0.193. The van der Waals surface area contributed by atoms with Crippen molar-refractivity contribution in [2.45, 2.75) is 43.3 Å². The van der Waals surface area contributed by atoms with Crippen LogP contribution in [-0.4, -0.2) is 20.6 Å². The molecule has 166 valence electrons. The third-order valence-corrected chi connectivity index (χ3v) is 8.36. The van der Waals surface area contributed by atoms with Gasteiger partial charge < -0.3 is 9.15 Å². The zero-order valence-electron chi connectivity index (χ0n) is 18.1. The number of hydrogen-bond acceptors (Lipinski definition) is 7. The lowest BCUT2D eigenvalue weighted by Gasteiger charge is -2.32. The predicted molar refractivity (Wildman–Crippen MR) is 134 cm³/mol. The molecule has 0 saturated heterocycles. The van der Waals surface area contributed by atoms with E-state index in [4.69, 9.17) is 30.7 Å². The smallest absolute Gasteiger partial charge is 0.152 e. The normalized spacial score (nSPS) is 15.2. The SMILES string of the molecule is CC1(C)Cc2c(c(-c3ccco3)nc3sc4c(SCc5ccc(Cl)cc5)ncnc4c23)CO1. The number of hydrogen-bond donors (Lipinski definition) is 0. The molecular weight excluding hydrogens is 474 g/mol. The van der Waals surface area contributed by atoms with Crippen molar-refractivity contribution < 1.29 is 9.15 Å². The van der Waals surface area contributed by atoms with Crippen LogP contribution in [-0.2, 0) is 23.5 Å². The standard InChI is InChI=1S/C25H20ClN3O2S2/c1-25(2)10-16-17(11-31-25)20(18-4-3-9-30-18)29-23-19(16)21-22(33-23)24(28-13-27-21)32-12-14-5-7-15(26)8-6-14/h3-9,13H,10-12H2,1-2H3. The minimum absolute atomic E-state index is 0.255. The van der Waals surface area contributed by atoms with Crippen molar-refractivity contribution in [3.05, 3.63) is 70.7 Å². The van der Waals surface area contributed by atoms with Crippen LogP contribution < -0.4 is 0 Å². The molecule has 4 aromatic heterocycles. The Hall–Kier alpha value is -2.45. The van der Waals surface area contributed by atoms with E-state index < -0.39 is 0 Å². The third kappa shape index (κ3) is 3.83. The maximum atomic E-state index is 6.16. The zero-order valence-corrected chi connectivity index (χ0v) is 20.5. The molecule has 0 aliphatic carbocycles. The molecule has 0 bridgehead atoms. The number of aromatic nitrogens is 3. The van der Waals surface area contributed by atoms with Gasteiger partial charge in [-0.05, 0) is 49.2 Å². The minimum atomic E-state index is -0.255. The number of furan rings is 1. The van der Waals surface area contributed by atoms with Gasteiger partial charge in [-0.2, -0.15) is 0 Å². The van der Waals surface area contributed by atoms with Gasteiger partial charge in [0.25, 0.3) is 0 Å². The minimum Gasteiger partial charge on any atom is -0.463 e. The Labute approximate surface area is 204 Å². The van der Waals surface area contributed by atoms with Gasteiger partial charge in [-0.1, -0.05) is 23.7 Å². The van der Waals surface area contributed by atoms with Gasteiger partial charge in [0, 0.05) is 28.1 Å². The number of rotatable bonds is 4. The molecule has 0 saturated carbocycles. The molecule has 1 aliphatic heterocycles. The molecule has 1 aromatic carbocycles. The Morgan fingerprint density at radius 1 is 1.12 bits per heavy atom. The van der Waals surface area contributed by atoms with Crippen molar-refractivity contribution in [2.24, 2.45) is 0 Å². The summed E-state index contributed by atoms with van der Waals surface area (Å²) in [5, 5.41) is 2.83. The summed E-state index contributed by atoms with van der Waals surface area (Å²) in [5.74, 6) is 1.57. The van der Waals surface area contributed by atoms with Gasteiger partial charge in [0.1, 0.15) is 21.9 Å². The number of ether oxygens (including phenoxy) is 1. The molecule has 0 amide bonds. The van der Waals surface area contributed by atoms with Gasteiger partial charge >= 0.3 is 0 Å². The van der Waals surface area contributed by atoms with Crippen LogP contribution in [0.2, 0.25) is 5.02 Å². The molecule has 0 N–H and O–H groups in total. The molecule has 0 unspecified atom stereocenters. The Morgan fingerprint density at radius 2 is 1.97 bits per heavy atom. The van der Waals surface area contributed by atoms with Crippen LogP contribution in [0.3, 0.4) is 0 Å². The maximum Gasteiger partial charge on any atom is 0.152 e. The van der Waals surface area contributed by atoms with Crippen molar-refractivity contribution in [3.63, 3.8) is 0 Å². The van der Waals surface area contributed by atoms with E-state index in [2.05, 4.69) is 18.8 Å². The van der Waals surface area contributed by atoms with E-state index in [1.54, 1.807) is 35.7 Å². The Kier molecular flexibility index (Phi) is 5.18. The Balaban J connectivity index is 1.51. The summed E-state index contributed by atoms with van der Waals surface area (Å²) < 4.78 is 13.0. The number of fused-ring (bicyclic) bond motifs is 5. The second-order valence-corrected chi connectivity index (χ2v) is 11.1. The Bertz CT molecular complexity index is 1480. The van der Waals surface area contributed by atoms with Crippen molar-refractivity contribution in [1.29, 1.82) is 0 Å². The van der Waals surface area contributed by atoms with Crippen molar-refractivity contribution in [2.75, 3.05) is 0 Å². The molecule has 5 nitrogen and oxygen atoms in total. The fourth-order valence-electron chi connectivity index (χ4n) is 4.24. The Morgan fingerprint density at radius 3 is 2.76 bits per heavy atom. The fourth-order valence-corrected chi connectivity index (χ4v) is 6.55. The van der Waals surface area contributed by atoms with Gasteiger partial charge in [-0.3, -0.25) is 0 Å². The van der Waals surface area contributed by atoms with Crippen molar-refractivity contribution in [3.8, 4) is 11.5 Å². The second kappa shape index (κ2) is 8.09. The topological polar surface area (TPSA) is 61.0 Å². The number of nitrogens with zero attached hydrogens (tertiary/aromatic N) is 3.